The fourth-order valence-electron chi connectivity index (χ4n) is 1.47. The summed E-state index contributed by atoms with van der Waals surface area (Å²) in [6, 6.07) is 4.97. The average molecular weight is 318 g/mol. The van der Waals surface area contributed by atoms with E-state index in [0.717, 1.165) is 4.47 Å². The van der Waals surface area contributed by atoms with E-state index in [2.05, 4.69) is 21.2 Å². The molecule has 5 nitrogen and oxygen atoms in total. The zero-order chi connectivity index (χ0) is 13.5. The summed E-state index contributed by atoms with van der Waals surface area (Å²) in [5.41, 5.74) is 0.778. The highest BCUT2D eigenvalue weighted by Gasteiger charge is 2.12. The first kappa shape index (κ1) is 14.9. The quantitative estimate of drug-likeness (QED) is 0.807. The monoisotopic (exact) mass is 317 g/mol. The van der Waals surface area contributed by atoms with Gasteiger partial charge in [0.25, 0.3) is 0 Å². The van der Waals surface area contributed by atoms with Gasteiger partial charge >= 0.3 is 5.97 Å². The highest BCUT2D eigenvalue weighted by Crippen LogP contribution is 2.21. The van der Waals surface area contributed by atoms with Crippen LogP contribution in [-0.2, 0) is 9.47 Å². The number of hydrogen-bond donors (Lipinski definition) is 2. The molecule has 0 radical (unpaired) electrons. The molecule has 0 saturated carbocycles. The summed E-state index contributed by atoms with van der Waals surface area (Å²) < 4.78 is 11.0. The van der Waals surface area contributed by atoms with Crippen LogP contribution in [0.5, 0.6) is 0 Å². The van der Waals surface area contributed by atoms with Gasteiger partial charge in [-0.05, 0) is 18.2 Å². The molecule has 0 amide bonds. The Balaban J connectivity index is 2.76. The molecule has 0 saturated heterocycles. The third-order valence-corrected chi connectivity index (χ3v) is 2.91. The number of methoxy groups -OCH3 is 2. The van der Waals surface area contributed by atoms with Crippen molar-refractivity contribution in [2.45, 2.75) is 6.10 Å². The number of ether oxygens (including phenoxy) is 2. The number of carboxylic acids is 1. The van der Waals surface area contributed by atoms with Crippen LogP contribution in [0.1, 0.15) is 10.4 Å². The molecule has 0 spiro atoms. The third kappa shape index (κ3) is 4.29. The Kier molecular flexibility index (Phi) is 6.11. The zero-order valence-corrected chi connectivity index (χ0v) is 11.9. The molecule has 1 aromatic rings. The second kappa shape index (κ2) is 7.35. The van der Waals surface area contributed by atoms with Gasteiger partial charge in [0.05, 0.1) is 18.3 Å². The highest BCUT2D eigenvalue weighted by molar-refractivity contribution is 9.10. The van der Waals surface area contributed by atoms with Crippen molar-refractivity contribution in [3.05, 3.63) is 28.2 Å². The van der Waals surface area contributed by atoms with E-state index in [1.807, 2.05) is 0 Å². The van der Waals surface area contributed by atoms with Crippen molar-refractivity contribution in [2.75, 3.05) is 32.7 Å². The van der Waals surface area contributed by atoms with Crippen molar-refractivity contribution >= 4 is 27.6 Å². The Morgan fingerprint density at radius 3 is 2.78 bits per heavy atom. The topological polar surface area (TPSA) is 67.8 Å². The van der Waals surface area contributed by atoms with Crippen molar-refractivity contribution in [3.8, 4) is 0 Å². The molecule has 6 heteroatoms. The molecule has 0 aromatic heterocycles. The molecule has 0 aliphatic rings. The van der Waals surface area contributed by atoms with Crippen molar-refractivity contribution in [1.82, 2.24) is 0 Å². The lowest BCUT2D eigenvalue weighted by Gasteiger charge is -2.17. The maximum absolute atomic E-state index is 11.1. The van der Waals surface area contributed by atoms with E-state index in [4.69, 9.17) is 14.6 Å². The number of benzene rings is 1. The molecule has 2 N–H and O–H groups in total. The molecular weight excluding hydrogens is 302 g/mol. The second-order valence-electron chi connectivity index (χ2n) is 3.69. The van der Waals surface area contributed by atoms with Crippen LogP contribution in [0, 0.1) is 0 Å². The van der Waals surface area contributed by atoms with E-state index in [0.29, 0.717) is 18.8 Å². The largest absolute Gasteiger partial charge is 0.478 e. The molecule has 0 aliphatic carbocycles. The van der Waals surface area contributed by atoms with Crippen LogP contribution in [0.15, 0.2) is 22.7 Å². The van der Waals surface area contributed by atoms with E-state index in [-0.39, 0.29) is 11.7 Å². The van der Waals surface area contributed by atoms with Crippen LogP contribution in [0.25, 0.3) is 0 Å². The van der Waals surface area contributed by atoms with Gasteiger partial charge in [-0.1, -0.05) is 15.9 Å². The van der Waals surface area contributed by atoms with Crippen LogP contribution in [0.4, 0.5) is 5.69 Å². The number of carboxylic acid groups (broad SMARTS) is 1. The summed E-state index contributed by atoms with van der Waals surface area (Å²) in [4.78, 5) is 11.1. The molecule has 1 rings (SSSR count). The first-order valence-corrected chi connectivity index (χ1v) is 6.16. The fraction of sp³-hybridized carbons (Fsp3) is 0.417. The average Bonchev–Trinajstić information content (AvgIpc) is 2.34. The maximum Gasteiger partial charge on any atom is 0.337 e. The molecular formula is C12H16BrNO4. The van der Waals surface area contributed by atoms with Gasteiger partial charge in [0.2, 0.25) is 0 Å². The number of anilines is 1. The second-order valence-corrected chi connectivity index (χ2v) is 4.60. The number of halogens is 1. The first-order chi connectivity index (χ1) is 8.58. The van der Waals surface area contributed by atoms with Crippen LogP contribution >= 0.6 is 15.9 Å². The third-order valence-electron chi connectivity index (χ3n) is 2.42. The van der Waals surface area contributed by atoms with Gasteiger partial charge in [-0.25, -0.2) is 4.79 Å². The van der Waals surface area contributed by atoms with E-state index < -0.39 is 5.97 Å². The van der Waals surface area contributed by atoms with Crippen LogP contribution in [0.2, 0.25) is 0 Å². The minimum Gasteiger partial charge on any atom is -0.478 e. The molecule has 0 aliphatic heterocycles. The Morgan fingerprint density at radius 2 is 2.22 bits per heavy atom. The minimum absolute atomic E-state index is 0.129. The predicted octanol–water partition coefficient (Wildman–Crippen LogP) is 2.22. The van der Waals surface area contributed by atoms with Gasteiger partial charge in [-0.3, -0.25) is 0 Å². The number of nitrogens with one attached hydrogen (secondary N) is 1. The minimum atomic E-state index is -0.967. The summed E-state index contributed by atoms with van der Waals surface area (Å²) in [5.74, 6) is -0.967. The summed E-state index contributed by atoms with van der Waals surface area (Å²) in [5, 5.41) is 12.1. The van der Waals surface area contributed by atoms with Crippen LogP contribution < -0.4 is 5.32 Å². The number of hydrogen-bond acceptors (Lipinski definition) is 4. The molecule has 0 fully saturated rings. The normalized spacial score (nSPS) is 12.2. The first-order valence-electron chi connectivity index (χ1n) is 5.37. The van der Waals surface area contributed by atoms with Gasteiger partial charge in [0, 0.05) is 30.9 Å². The van der Waals surface area contributed by atoms with E-state index in [9.17, 15) is 4.79 Å². The van der Waals surface area contributed by atoms with Gasteiger partial charge < -0.3 is 19.9 Å². The molecule has 100 valence electrons. The summed E-state index contributed by atoms with van der Waals surface area (Å²) in [7, 11) is 3.18. The van der Waals surface area contributed by atoms with Crippen molar-refractivity contribution in [3.63, 3.8) is 0 Å². The molecule has 0 heterocycles. The van der Waals surface area contributed by atoms with Crippen LogP contribution in [-0.4, -0.2) is 44.6 Å². The Labute approximate surface area is 114 Å². The lowest BCUT2D eigenvalue weighted by atomic mass is 10.1. The Bertz CT molecular complexity index is 411. The van der Waals surface area contributed by atoms with Gasteiger partial charge in [-0.2, -0.15) is 0 Å². The van der Waals surface area contributed by atoms with Crippen molar-refractivity contribution in [1.29, 1.82) is 0 Å². The van der Waals surface area contributed by atoms with E-state index >= 15 is 0 Å². The maximum atomic E-state index is 11.1. The molecule has 1 aromatic carbocycles. The molecule has 1 atom stereocenters. The van der Waals surface area contributed by atoms with Crippen molar-refractivity contribution < 1.29 is 19.4 Å². The summed E-state index contributed by atoms with van der Waals surface area (Å²) >= 11 is 3.31. The Hall–Kier alpha value is -1.11. The fourth-order valence-corrected chi connectivity index (χ4v) is 1.83. The van der Waals surface area contributed by atoms with Gasteiger partial charge in [0.1, 0.15) is 0 Å². The lowest BCUT2D eigenvalue weighted by molar-refractivity contribution is 0.0365. The molecule has 1 unspecified atom stereocenters. The van der Waals surface area contributed by atoms with E-state index in [1.165, 1.54) is 0 Å². The van der Waals surface area contributed by atoms with Gasteiger partial charge in [0.15, 0.2) is 0 Å². The highest BCUT2D eigenvalue weighted by atomic mass is 79.9. The Morgan fingerprint density at radius 1 is 1.50 bits per heavy atom. The van der Waals surface area contributed by atoms with E-state index in [1.54, 1.807) is 32.4 Å². The summed E-state index contributed by atoms with van der Waals surface area (Å²) in [6.45, 7) is 0.918. The number of rotatable bonds is 7. The van der Waals surface area contributed by atoms with Crippen LogP contribution in [0.3, 0.4) is 0 Å². The van der Waals surface area contributed by atoms with Gasteiger partial charge in [-0.15, -0.1) is 0 Å². The standard InChI is InChI=1S/C12H16BrNO4/c1-17-7-9(18-2)6-14-11-5-8(13)3-4-10(11)12(15)16/h3-5,9,14H,6-7H2,1-2H3,(H,15,16). The summed E-state index contributed by atoms with van der Waals surface area (Å²) in [6.07, 6.45) is -0.129. The zero-order valence-electron chi connectivity index (χ0n) is 10.3. The lowest BCUT2D eigenvalue weighted by Crippen LogP contribution is -2.27. The SMILES string of the molecule is COCC(CNc1cc(Br)ccc1C(=O)O)OC. The number of aromatic carboxylic acids is 1. The molecule has 18 heavy (non-hydrogen) atoms. The molecule has 0 bridgehead atoms. The van der Waals surface area contributed by atoms with Crippen molar-refractivity contribution in [2.24, 2.45) is 0 Å². The predicted molar refractivity (Wildman–Crippen MR) is 72.3 cm³/mol. The number of carbonyl (C=O) groups is 1. The smallest absolute Gasteiger partial charge is 0.337 e.